The topological polar surface area (TPSA) is 40.5 Å². The zero-order chi connectivity index (χ0) is 23.0. The van der Waals surface area contributed by atoms with E-state index in [9.17, 15) is 9.90 Å². The Bertz CT molecular complexity index is 908. The largest absolute Gasteiger partial charge is 0.512 e. The summed E-state index contributed by atoms with van der Waals surface area (Å²) in [5.41, 5.74) is 3.06. The molecule has 1 aromatic carbocycles. The van der Waals surface area contributed by atoms with Crippen LogP contribution in [0.5, 0.6) is 0 Å². The third-order valence-corrected chi connectivity index (χ3v) is 8.62. The number of nitrogens with zero attached hydrogens (tertiary/aromatic N) is 1. The average Bonchev–Trinajstić information content (AvgIpc) is 3.33. The molecule has 178 valence electrons. The van der Waals surface area contributed by atoms with E-state index in [2.05, 4.69) is 29.2 Å². The lowest BCUT2D eigenvalue weighted by molar-refractivity contribution is -0.111. The Morgan fingerprint density at radius 1 is 1.03 bits per heavy atom. The van der Waals surface area contributed by atoms with Gasteiger partial charge in [-0.05, 0) is 54.9 Å². The van der Waals surface area contributed by atoms with Gasteiger partial charge >= 0.3 is 0 Å². The third kappa shape index (κ3) is 4.61. The Morgan fingerprint density at radius 2 is 1.73 bits per heavy atom. The van der Waals surface area contributed by atoms with Gasteiger partial charge in [0.25, 0.3) is 5.92 Å². The van der Waals surface area contributed by atoms with Gasteiger partial charge in [-0.1, -0.05) is 49.5 Å². The van der Waals surface area contributed by atoms with Crippen molar-refractivity contribution in [1.82, 2.24) is 0 Å². The van der Waals surface area contributed by atoms with Gasteiger partial charge in [0.15, 0.2) is 0 Å². The van der Waals surface area contributed by atoms with E-state index in [1.54, 1.807) is 12.2 Å². The predicted molar refractivity (Wildman–Crippen MR) is 127 cm³/mol. The van der Waals surface area contributed by atoms with Crippen molar-refractivity contribution in [2.75, 3.05) is 18.0 Å². The van der Waals surface area contributed by atoms with Crippen molar-refractivity contribution in [2.24, 2.45) is 23.7 Å². The highest BCUT2D eigenvalue weighted by Crippen LogP contribution is 2.56. The fourth-order valence-corrected chi connectivity index (χ4v) is 6.84. The van der Waals surface area contributed by atoms with E-state index >= 15 is 8.78 Å². The van der Waals surface area contributed by atoms with Crippen molar-refractivity contribution in [3.63, 3.8) is 0 Å². The van der Waals surface area contributed by atoms with Crippen LogP contribution in [0.4, 0.5) is 14.5 Å². The van der Waals surface area contributed by atoms with E-state index in [1.807, 2.05) is 0 Å². The maximum absolute atomic E-state index is 15.3. The molecule has 1 saturated heterocycles. The van der Waals surface area contributed by atoms with E-state index in [-0.39, 0.29) is 36.4 Å². The number of fused-ring (bicyclic) bond motifs is 1. The molecular weight excluding hydrogens is 420 g/mol. The maximum atomic E-state index is 15.3. The number of aldehydes is 1. The Labute approximate surface area is 195 Å². The molecule has 1 N–H and O–H groups in total. The van der Waals surface area contributed by atoms with Crippen molar-refractivity contribution in [3.05, 3.63) is 53.3 Å². The van der Waals surface area contributed by atoms with Crippen LogP contribution in [-0.4, -0.2) is 30.4 Å². The predicted octanol–water partition coefficient (Wildman–Crippen LogP) is 6.81. The molecule has 0 spiro atoms. The van der Waals surface area contributed by atoms with Crippen LogP contribution in [0.25, 0.3) is 0 Å². The average molecular weight is 456 g/mol. The lowest BCUT2D eigenvalue weighted by Crippen LogP contribution is -2.43. The summed E-state index contributed by atoms with van der Waals surface area (Å²) in [4.78, 5) is 13.4. The number of rotatable bonds is 5. The fraction of sp³-hybridized carbons (Fsp3) is 0.607. The van der Waals surface area contributed by atoms with Crippen LogP contribution in [0.15, 0.2) is 47.7 Å². The zero-order valence-electron chi connectivity index (χ0n) is 19.3. The summed E-state index contributed by atoms with van der Waals surface area (Å²) in [6.07, 6.45) is 11.8. The van der Waals surface area contributed by atoms with E-state index in [0.717, 1.165) is 68.3 Å². The second kappa shape index (κ2) is 9.23. The summed E-state index contributed by atoms with van der Waals surface area (Å²) < 4.78 is 30.6. The van der Waals surface area contributed by atoms with Gasteiger partial charge in [-0.3, -0.25) is 0 Å². The first-order valence-electron chi connectivity index (χ1n) is 12.7. The number of aliphatic hydroxyl groups is 1. The first-order valence-corrected chi connectivity index (χ1v) is 12.7. The van der Waals surface area contributed by atoms with Gasteiger partial charge in [-0.2, -0.15) is 0 Å². The first kappa shape index (κ1) is 22.6. The minimum atomic E-state index is -2.78. The summed E-state index contributed by atoms with van der Waals surface area (Å²) in [6.45, 7) is 1.75. The standard InChI is InChI=1S/C28H35F2NO2/c29-28(30)17-22(15-19-3-1-2-4-19)27(25-10-9-24(33)16-26(25)28)21-5-7-23(8-6-21)31-13-11-20(18-32)12-14-31/h5-10,18-20,22,26-27,33H,1-4,11-17H2/t22-,26?,27-/m1/s1. The van der Waals surface area contributed by atoms with Crippen molar-refractivity contribution in [1.29, 1.82) is 0 Å². The van der Waals surface area contributed by atoms with Crippen LogP contribution in [0.1, 0.15) is 69.3 Å². The first-order chi connectivity index (χ1) is 15.9. The zero-order valence-corrected chi connectivity index (χ0v) is 19.3. The Kier molecular flexibility index (Phi) is 6.32. The molecule has 0 bridgehead atoms. The molecule has 3 atom stereocenters. The fourth-order valence-electron chi connectivity index (χ4n) is 6.84. The quantitative estimate of drug-likeness (QED) is 0.496. The second-order valence-corrected chi connectivity index (χ2v) is 10.7. The molecule has 2 saturated carbocycles. The Morgan fingerprint density at radius 3 is 2.39 bits per heavy atom. The number of halogens is 2. The number of anilines is 1. The number of hydrogen-bond donors (Lipinski definition) is 1. The van der Waals surface area contributed by atoms with Gasteiger partial charge in [0, 0.05) is 43.5 Å². The number of alkyl halides is 2. The number of benzene rings is 1. The van der Waals surface area contributed by atoms with Gasteiger partial charge in [-0.25, -0.2) is 8.78 Å². The van der Waals surface area contributed by atoms with E-state index in [4.69, 9.17) is 0 Å². The molecule has 1 aromatic rings. The van der Waals surface area contributed by atoms with E-state index in [1.165, 1.54) is 12.8 Å². The smallest absolute Gasteiger partial charge is 0.255 e. The summed E-state index contributed by atoms with van der Waals surface area (Å²) >= 11 is 0. The van der Waals surface area contributed by atoms with Crippen molar-refractivity contribution < 1.29 is 18.7 Å². The summed E-state index contributed by atoms with van der Waals surface area (Å²) in [6, 6.07) is 8.52. The summed E-state index contributed by atoms with van der Waals surface area (Å²) in [5.74, 6) is -3.00. The lowest BCUT2D eigenvalue weighted by atomic mass is 9.62. The molecular formula is C28H35F2NO2. The van der Waals surface area contributed by atoms with Crippen molar-refractivity contribution >= 4 is 12.0 Å². The minimum absolute atomic E-state index is 0.0191. The monoisotopic (exact) mass is 455 g/mol. The number of carbonyl (C=O) groups excluding carboxylic acids is 1. The van der Waals surface area contributed by atoms with Crippen molar-refractivity contribution in [3.8, 4) is 0 Å². The van der Waals surface area contributed by atoms with Crippen LogP contribution >= 0.6 is 0 Å². The number of allylic oxidation sites excluding steroid dienone is 4. The van der Waals surface area contributed by atoms with Gasteiger partial charge in [0.05, 0.1) is 11.7 Å². The highest BCUT2D eigenvalue weighted by molar-refractivity contribution is 5.56. The molecule has 33 heavy (non-hydrogen) atoms. The lowest BCUT2D eigenvalue weighted by Gasteiger charge is -2.45. The molecule has 1 aliphatic heterocycles. The van der Waals surface area contributed by atoms with Crippen LogP contribution in [0, 0.1) is 23.7 Å². The maximum Gasteiger partial charge on any atom is 0.255 e. The number of aliphatic hydroxyl groups excluding tert-OH is 1. The molecule has 5 heteroatoms. The molecule has 4 aliphatic rings. The summed E-state index contributed by atoms with van der Waals surface area (Å²) in [5, 5.41) is 10.0. The third-order valence-electron chi connectivity index (χ3n) is 8.62. The molecule has 3 aliphatic carbocycles. The van der Waals surface area contributed by atoms with E-state index in [0.29, 0.717) is 5.92 Å². The second-order valence-electron chi connectivity index (χ2n) is 10.7. The number of piperidine rings is 1. The van der Waals surface area contributed by atoms with Gasteiger partial charge in [0.1, 0.15) is 6.29 Å². The van der Waals surface area contributed by atoms with Crippen LogP contribution in [0.2, 0.25) is 0 Å². The van der Waals surface area contributed by atoms with Crippen LogP contribution < -0.4 is 4.90 Å². The highest BCUT2D eigenvalue weighted by atomic mass is 19.3. The molecule has 0 aromatic heterocycles. The summed E-state index contributed by atoms with van der Waals surface area (Å²) in [7, 11) is 0. The van der Waals surface area contributed by atoms with Gasteiger partial charge in [-0.15, -0.1) is 0 Å². The Hall–Kier alpha value is -2.17. The highest BCUT2D eigenvalue weighted by Gasteiger charge is 2.53. The molecule has 0 radical (unpaired) electrons. The molecule has 3 nitrogen and oxygen atoms in total. The van der Waals surface area contributed by atoms with Gasteiger partial charge in [0.2, 0.25) is 0 Å². The molecule has 3 fully saturated rings. The van der Waals surface area contributed by atoms with Crippen molar-refractivity contribution in [2.45, 2.75) is 69.6 Å². The normalized spacial score (nSPS) is 30.5. The number of carbonyl (C=O) groups is 1. The number of hydrogen-bond acceptors (Lipinski definition) is 3. The SMILES string of the molecule is O=CC1CCN(c2ccc([C@H]3C4=CC=C(O)CC4C(F)(F)C[C@H]3CC3CCCC3)cc2)CC1. The molecule has 0 amide bonds. The van der Waals surface area contributed by atoms with Crippen LogP contribution in [-0.2, 0) is 4.79 Å². The molecule has 1 unspecified atom stereocenters. The molecule has 5 rings (SSSR count). The van der Waals surface area contributed by atoms with E-state index < -0.39 is 11.8 Å². The van der Waals surface area contributed by atoms with Gasteiger partial charge < -0.3 is 14.8 Å². The Balaban J connectivity index is 1.43. The molecule has 1 heterocycles. The minimum Gasteiger partial charge on any atom is -0.512 e. The van der Waals surface area contributed by atoms with Crippen LogP contribution in [0.3, 0.4) is 0 Å².